The molecule has 2 N–H and O–H groups in total. The van der Waals surface area contributed by atoms with Crippen molar-refractivity contribution in [2.75, 3.05) is 0 Å². The second kappa shape index (κ2) is 5.41. The monoisotopic (exact) mass is 302 g/mol. The van der Waals surface area contributed by atoms with Gasteiger partial charge in [0, 0.05) is 21.6 Å². The normalized spacial score (nSPS) is 12.6. The summed E-state index contributed by atoms with van der Waals surface area (Å²) in [5.41, 5.74) is 9.12. The van der Waals surface area contributed by atoms with E-state index in [0.29, 0.717) is 10.0 Å². The fourth-order valence-corrected chi connectivity index (χ4v) is 2.75. The summed E-state index contributed by atoms with van der Waals surface area (Å²) in [5.74, 6) is 0. The molecule has 20 heavy (non-hydrogen) atoms. The van der Waals surface area contributed by atoms with Crippen molar-refractivity contribution in [1.82, 2.24) is 4.98 Å². The maximum Gasteiger partial charge on any atom is 0.0702 e. The van der Waals surface area contributed by atoms with E-state index >= 15 is 0 Å². The minimum Gasteiger partial charge on any atom is -0.320 e. The van der Waals surface area contributed by atoms with Gasteiger partial charge in [-0.1, -0.05) is 41.4 Å². The van der Waals surface area contributed by atoms with Crippen molar-refractivity contribution in [3.63, 3.8) is 0 Å². The highest BCUT2D eigenvalue weighted by molar-refractivity contribution is 6.35. The zero-order valence-electron chi connectivity index (χ0n) is 10.6. The van der Waals surface area contributed by atoms with Crippen LogP contribution in [0, 0.1) is 0 Å². The number of hydrogen-bond acceptors (Lipinski definition) is 2. The van der Waals surface area contributed by atoms with Crippen LogP contribution in [0.2, 0.25) is 10.0 Å². The van der Waals surface area contributed by atoms with Crippen molar-refractivity contribution in [2.45, 2.75) is 6.04 Å². The molecule has 100 valence electrons. The highest BCUT2D eigenvalue weighted by Crippen LogP contribution is 2.30. The van der Waals surface area contributed by atoms with Gasteiger partial charge in [0.1, 0.15) is 0 Å². The number of nitrogens with two attached hydrogens (primary N) is 1. The number of aromatic nitrogens is 1. The highest BCUT2D eigenvalue weighted by Gasteiger charge is 2.13. The third-order valence-corrected chi connectivity index (χ3v) is 3.85. The average Bonchev–Trinajstić information content (AvgIpc) is 2.46. The van der Waals surface area contributed by atoms with E-state index in [1.807, 2.05) is 36.4 Å². The quantitative estimate of drug-likeness (QED) is 0.752. The third-order valence-electron chi connectivity index (χ3n) is 3.28. The van der Waals surface area contributed by atoms with Gasteiger partial charge in [-0.3, -0.25) is 4.98 Å². The molecule has 0 aliphatic carbocycles. The van der Waals surface area contributed by atoms with Gasteiger partial charge >= 0.3 is 0 Å². The van der Waals surface area contributed by atoms with Gasteiger partial charge < -0.3 is 5.73 Å². The zero-order valence-corrected chi connectivity index (χ0v) is 12.1. The van der Waals surface area contributed by atoms with E-state index in [9.17, 15) is 0 Å². The van der Waals surface area contributed by atoms with Crippen LogP contribution in [-0.2, 0) is 0 Å². The molecule has 0 radical (unpaired) electrons. The number of hydrogen-bond donors (Lipinski definition) is 1. The first kappa shape index (κ1) is 13.4. The molecule has 1 heterocycles. The maximum absolute atomic E-state index is 6.31. The highest BCUT2D eigenvalue weighted by atomic mass is 35.5. The number of fused-ring (bicyclic) bond motifs is 1. The summed E-state index contributed by atoms with van der Waals surface area (Å²) in [6.07, 6.45) is 1.78. The topological polar surface area (TPSA) is 38.9 Å². The Hall–Kier alpha value is -1.61. The number of pyridine rings is 1. The Kier molecular flexibility index (Phi) is 3.62. The van der Waals surface area contributed by atoms with Crippen molar-refractivity contribution >= 4 is 34.1 Å². The second-order valence-electron chi connectivity index (χ2n) is 4.60. The Morgan fingerprint density at radius 3 is 2.65 bits per heavy atom. The van der Waals surface area contributed by atoms with Gasteiger partial charge in [0.15, 0.2) is 0 Å². The summed E-state index contributed by atoms with van der Waals surface area (Å²) < 4.78 is 0. The Morgan fingerprint density at radius 1 is 1.00 bits per heavy atom. The molecule has 3 aromatic rings. The van der Waals surface area contributed by atoms with Gasteiger partial charge in [-0.25, -0.2) is 0 Å². The lowest BCUT2D eigenvalue weighted by molar-refractivity contribution is 0.873. The summed E-state index contributed by atoms with van der Waals surface area (Å²) in [4.78, 5) is 4.30. The largest absolute Gasteiger partial charge is 0.320 e. The van der Waals surface area contributed by atoms with E-state index in [1.54, 1.807) is 18.3 Å². The van der Waals surface area contributed by atoms with Crippen molar-refractivity contribution in [2.24, 2.45) is 5.73 Å². The molecule has 1 atom stereocenters. The molecule has 0 spiro atoms. The molecule has 2 nitrogen and oxygen atoms in total. The smallest absolute Gasteiger partial charge is 0.0702 e. The van der Waals surface area contributed by atoms with Crippen LogP contribution in [-0.4, -0.2) is 4.98 Å². The Morgan fingerprint density at radius 2 is 1.85 bits per heavy atom. The standard InChI is InChI=1S/C16H12Cl2N2/c17-12-4-5-13(14(18)9-12)16(19)11-3-6-15-10(8-11)2-1-7-20-15/h1-9,16H,19H2. The molecular weight excluding hydrogens is 291 g/mol. The number of nitrogens with zero attached hydrogens (tertiary/aromatic N) is 1. The Balaban J connectivity index is 2.05. The Labute approximate surface area is 127 Å². The van der Waals surface area contributed by atoms with Crippen molar-refractivity contribution in [1.29, 1.82) is 0 Å². The van der Waals surface area contributed by atoms with Crippen LogP contribution >= 0.6 is 23.2 Å². The summed E-state index contributed by atoms with van der Waals surface area (Å²) in [7, 11) is 0. The lowest BCUT2D eigenvalue weighted by Gasteiger charge is -2.15. The number of rotatable bonds is 2. The zero-order chi connectivity index (χ0) is 14.1. The number of halogens is 2. The lowest BCUT2D eigenvalue weighted by atomic mass is 9.98. The van der Waals surface area contributed by atoms with Crippen LogP contribution in [0.15, 0.2) is 54.7 Å². The van der Waals surface area contributed by atoms with E-state index in [-0.39, 0.29) is 6.04 Å². The van der Waals surface area contributed by atoms with Crippen LogP contribution in [0.3, 0.4) is 0 Å². The van der Waals surface area contributed by atoms with Gasteiger partial charge in [-0.05, 0) is 41.5 Å². The summed E-state index contributed by atoms with van der Waals surface area (Å²) in [5, 5.41) is 2.25. The molecule has 1 unspecified atom stereocenters. The van der Waals surface area contributed by atoms with Gasteiger partial charge in [0.25, 0.3) is 0 Å². The summed E-state index contributed by atoms with van der Waals surface area (Å²) in [6, 6.07) is 15.0. The molecule has 0 amide bonds. The number of benzene rings is 2. The molecule has 2 aromatic carbocycles. The predicted molar refractivity (Wildman–Crippen MR) is 84.2 cm³/mol. The molecular formula is C16H12Cl2N2. The first-order chi connectivity index (χ1) is 9.65. The minimum absolute atomic E-state index is 0.288. The molecule has 0 bridgehead atoms. The lowest BCUT2D eigenvalue weighted by Crippen LogP contribution is -2.12. The maximum atomic E-state index is 6.31. The van der Waals surface area contributed by atoms with E-state index in [1.165, 1.54) is 0 Å². The first-order valence-corrected chi connectivity index (χ1v) is 6.96. The average molecular weight is 303 g/mol. The van der Waals surface area contributed by atoms with Crippen molar-refractivity contribution in [3.05, 3.63) is 75.9 Å². The first-order valence-electron chi connectivity index (χ1n) is 6.20. The molecule has 0 fully saturated rings. The molecule has 4 heteroatoms. The molecule has 1 aromatic heterocycles. The molecule has 0 aliphatic rings. The molecule has 3 rings (SSSR count). The molecule has 0 aliphatic heterocycles. The Bertz CT molecular complexity index is 771. The second-order valence-corrected chi connectivity index (χ2v) is 5.44. The fourth-order valence-electron chi connectivity index (χ4n) is 2.22. The van der Waals surface area contributed by atoms with Crippen LogP contribution in [0.25, 0.3) is 10.9 Å². The van der Waals surface area contributed by atoms with E-state index in [4.69, 9.17) is 28.9 Å². The van der Waals surface area contributed by atoms with Gasteiger partial charge in [-0.2, -0.15) is 0 Å². The van der Waals surface area contributed by atoms with Crippen LogP contribution in [0.4, 0.5) is 0 Å². The molecule has 0 saturated carbocycles. The van der Waals surface area contributed by atoms with Crippen LogP contribution in [0.5, 0.6) is 0 Å². The van der Waals surface area contributed by atoms with Crippen molar-refractivity contribution in [3.8, 4) is 0 Å². The summed E-state index contributed by atoms with van der Waals surface area (Å²) in [6.45, 7) is 0. The van der Waals surface area contributed by atoms with E-state index in [2.05, 4.69) is 4.98 Å². The predicted octanol–water partition coefficient (Wildman–Crippen LogP) is 4.59. The van der Waals surface area contributed by atoms with Gasteiger partial charge in [0.2, 0.25) is 0 Å². The van der Waals surface area contributed by atoms with E-state index in [0.717, 1.165) is 22.0 Å². The third kappa shape index (κ3) is 2.50. The summed E-state index contributed by atoms with van der Waals surface area (Å²) >= 11 is 12.1. The molecule has 0 saturated heterocycles. The van der Waals surface area contributed by atoms with Crippen molar-refractivity contribution < 1.29 is 0 Å². The fraction of sp³-hybridized carbons (Fsp3) is 0.0625. The van der Waals surface area contributed by atoms with Gasteiger partial charge in [0.05, 0.1) is 11.6 Å². The van der Waals surface area contributed by atoms with Crippen LogP contribution < -0.4 is 5.73 Å². The van der Waals surface area contributed by atoms with Crippen LogP contribution in [0.1, 0.15) is 17.2 Å². The van der Waals surface area contributed by atoms with E-state index < -0.39 is 0 Å². The SMILES string of the molecule is NC(c1ccc2ncccc2c1)c1ccc(Cl)cc1Cl. The van der Waals surface area contributed by atoms with Gasteiger partial charge in [-0.15, -0.1) is 0 Å². The minimum atomic E-state index is -0.288.